The molecule has 4 nitrogen and oxygen atoms in total. The molecule has 0 aliphatic carbocycles. The summed E-state index contributed by atoms with van der Waals surface area (Å²) in [4.78, 5) is 24.6. The first kappa shape index (κ1) is 20.1. The van der Waals surface area contributed by atoms with Gasteiger partial charge in [-0.15, -0.1) is 0 Å². The smallest absolute Gasteiger partial charge is 0.225 e. The maximum atomic E-state index is 12.3. The van der Waals surface area contributed by atoms with Crippen molar-refractivity contribution in [3.8, 4) is 0 Å². The van der Waals surface area contributed by atoms with Crippen molar-refractivity contribution in [1.82, 2.24) is 5.32 Å². The lowest BCUT2D eigenvalue weighted by molar-refractivity contribution is -0.136. The summed E-state index contributed by atoms with van der Waals surface area (Å²) < 4.78 is 5.41. The van der Waals surface area contributed by atoms with Crippen LogP contribution in [0.15, 0.2) is 0 Å². The van der Waals surface area contributed by atoms with E-state index in [1.165, 1.54) is 0 Å². The lowest BCUT2D eigenvalue weighted by Crippen LogP contribution is -2.43. The Morgan fingerprint density at radius 1 is 1.00 bits per heavy atom. The third kappa shape index (κ3) is 7.07. The largest absolute Gasteiger partial charge is 0.377 e. The molecule has 0 rings (SSSR count). The highest BCUT2D eigenvalue weighted by atomic mass is 16.5. The fraction of sp³-hybridized carbons (Fsp3) is 0.882. The molecule has 0 saturated carbocycles. The highest BCUT2D eigenvalue weighted by Crippen LogP contribution is 2.36. The van der Waals surface area contributed by atoms with Crippen LogP contribution in [0.25, 0.3) is 0 Å². The minimum atomic E-state index is -0.577. The lowest BCUT2D eigenvalue weighted by atomic mass is 9.70. The quantitative estimate of drug-likeness (QED) is 0.665. The van der Waals surface area contributed by atoms with Gasteiger partial charge in [-0.2, -0.15) is 0 Å². The summed E-state index contributed by atoms with van der Waals surface area (Å²) in [6.45, 7) is 16.4. The molecule has 0 bridgehead atoms. The fourth-order valence-corrected chi connectivity index (χ4v) is 2.75. The monoisotopic (exact) mass is 299 g/mol. The summed E-state index contributed by atoms with van der Waals surface area (Å²) >= 11 is 0. The van der Waals surface area contributed by atoms with Crippen LogP contribution in [-0.4, -0.2) is 30.9 Å². The molecule has 0 aromatic carbocycles. The zero-order valence-electron chi connectivity index (χ0n) is 15.0. The normalized spacial score (nSPS) is 12.9. The molecule has 0 radical (unpaired) electrons. The molecule has 1 amide bonds. The Morgan fingerprint density at radius 2 is 1.52 bits per heavy atom. The molecule has 21 heavy (non-hydrogen) atoms. The molecular formula is C17H33NO3. The van der Waals surface area contributed by atoms with Crippen LogP contribution < -0.4 is 5.32 Å². The Morgan fingerprint density at radius 3 is 1.95 bits per heavy atom. The first-order chi connectivity index (χ1) is 9.40. The van der Waals surface area contributed by atoms with E-state index >= 15 is 0 Å². The zero-order chi connectivity index (χ0) is 16.8. The number of hydrogen-bond donors (Lipinski definition) is 1. The molecule has 4 heteroatoms. The lowest BCUT2D eigenvalue weighted by Gasteiger charge is -2.34. The predicted molar refractivity (Wildman–Crippen MR) is 86.1 cm³/mol. The summed E-state index contributed by atoms with van der Waals surface area (Å²) in [6.07, 6.45) is 0.700. The van der Waals surface area contributed by atoms with E-state index < -0.39 is 10.8 Å². The van der Waals surface area contributed by atoms with Crippen LogP contribution in [0.1, 0.15) is 61.8 Å². The van der Waals surface area contributed by atoms with Gasteiger partial charge in [-0.3, -0.25) is 9.59 Å². The summed E-state index contributed by atoms with van der Waals surface area (Å²) in [5.74, 6) is 0.157. The SMILES string of the molecule is CC(C)OCCNC(=O)C(C)(C)CC(C)(C)C(=O)C(C)C. The van der Waals surface area contributed by atoms with Crippen molar-refractivity contribution >= 4 is 11.7 Å². The number of ether oxygens (including phenoxy) is 1. The van der Waals surface area contributed by atoms with Gasteiger partial charge in [0, 0.05) is 23.3 Å². The molecule has 1 N–H and O–H groups in total. The highest BCUT2D eigenvalue weighted by Gasteiger charge is 2.39. The molecule has 0 fully saturated rings. The standard InChI is InChI=1S/C17H33NO3/c1-12(2)14(19)16(5,6)11-17(7,8)15(20)18-9-10-21-13(3)4/h12-13H,9-11H2,1-8H3,(H,18,20). The van der Waals surface area contributed by atoms with Crippen molar-refractivity contribution in [2.75, 3.05) is 13.2 Å². The number of ketones is 1. The number of Topliss-reactive ketones (excluding diaryl/α,β-unsaturated/α-hetero) is 1. The third-order valence-corrected chi connectivity index (χ3v) is 3.53. The average molecular weight is 299 g/mol. The summed E-state index contributed by atoms with van der Waals surface area (Å²) in [6, 6.07) is 0. The van der Waals surface area contributed by atoms with Crippen molar-refractivity contribution in [2.24, 2.45) is 16.7 Å². The van der Waals surface area contributed by atoms with E-state index in [2.05, 4.69) is 5.32 Å². The summed E-state index contributed by atoms with van der Waals surface area (Å²) in [7, 11) is 0. The minimum absolute atomic E-state index is 0.0155. The van der Waals surface area contributed by atoms with Crippen molar-refractivity contribution in [3.05, 3.63) is 0 Å². The second-order valence-electron chi connectivity index (χ2n) is 7.64. The van der Waals surface area contributed by atoms with Crippen molar-refractivity contribution < 1.29 is 14.3 Å². The van der Waals surface area contributed by atoms with Gasteiger partial charge >= 0.3 is 0 Å². The number of carbonyl (C=O) groups excluding carboxylic acids is 2. The van der Waals surface area contributed by atoms with Crippen LogP contribution in [0.5, 0.6) is 0 Å². The maximum Gasteiger partial charge on any atom is 0.225 e. The Kier molecular flexibility index (Phi) is 7.58. The van der Waals surface area contributed by atoms with Gasteiger partial charge in [0.15, 0.2) is 0 Å². The Hall–Kier alpha value is -0.900. The number of carbonyl (C=O) groups is 2. The van der Waals surface area contributed by atoms with Crippen LogP contribution in [0.4, 0.5) is 0 Å². The van der Waals surface area contributed by atoms with E-state index in [0.717, 1.165) is 0 Å². The Bertz CT molecular complexity index is 357. The first-order valence-electron chi connectivity index (χ1n) is 7.84. The maximum absolute atomic E-state index is 12.3. The highest BCUT2D eigenvalue weighted by molar-refractivity contribution is 5.88. The summed E-state index contributed by atoms with van der Waals surface area (Å²) in [5.41, 5.74) is -1.07. The fourth-order valence-electron chi connectivity index (χ4n) is 2.75. The third-order valence-electron chi connectivity index (χ3n) is 3.53. The first-order valence-corrected chi connectivity index (χ1v) is 7.84. The van der Waals surface area contributed by atoms with E-state index in [4.69, 9.17) is 4.74 Å². The van der Waals surface area contributed by atoms with Gasteiger partial charge in [0.05, 0.1) is 12.7 Å². The molecule has 124 valence electrons. The van der Waals surface area contributed by atoms with Gasteiger partial charge in [0.1, 0.15) is 5.78 Å². The molecule has 0 heterocycles. The Labute approximate surface area is 130 Å². The van der Waals surface area contributed by atoms with E-state index in [1.807, 2.05) is 55.4 Å². The van der Waals surface area contributed by atoms with Gasteiger partial charge in [-0.25, -0.2) is 0 Å². The average Bonchev–Trinajstić information content (AvgIpc) is 2.31. The van der Waals surface area contributed by atoms with E-state index in [0.29, 0.717) is 19.6 Å². The van der Waals surface area contributed by atoms with Gasteiger partial charge in [-0.05, 0) is 20.3 Å². The van der Waals surface area contributed by atoms with Gasteiger partial charge in [-0.1, -0.05) is 41.5 Å². The van der Waals surface area contributed by atoms with Crippen LogP contribution in [0, 0.1) is 16.7 Å². The minimum Gasteiger partial charge on any atom is -0.377 e. The van der Waals surface area contributed by atoms with Gasteiger partial charge in [0.2, 0.25) is 5.91 Å². The molecule has 0 aromatic rings. The second kappa shape index (κ2) is 7.92. The summed E-state index contributed by atoms with van der Waals surface area (Å²) in [5, 5.41) is 2.89. The Balaban J connectivity index is 4.52. The van der Waals surface area contributed by atoms with Crippen LogP contribution >= 0.6 is 0 Å². The van der Waals surface area contributed by atoms with E-state index in [-0.39, 0.29) is 23.7 Å². The number of amides is 1. The van der Waals surface area contributed by atoms with E-state index in [9.17, 15) is 9.59 Å². The molecule has 0 aliphatic rings. The molecule has 0 atom stereocenters. The van der Waals surface area contributed by atoms with Crippen molar-refractivity contribution in [2.45, 2.75) is 67.9 Å². The topological polar surface area (TPSA) is 55.4 Å². The van der Waals surface area contributed by atoms with Crippen LogP contribution in [0.2, 0.25) is 0 Å². The zero-order valence-corrected chi connectivity index (χ0v) is 15.0. The van der Waals surface area contributed by atoms with Gasteiger partial charge < -0.3 is 10.1 Å². The second-order valence-corrected chi connectivity index (χ2v) is 7.64. The molecule has 0 aromatic heterocycles. The van der Waals surface area contributed by atoms with Crippen LogP contribution in [-0.2, 0) is 14.3 Å². The molecule has 0 spiro atoms. The number of rotatable bonds is 9. The molecule has 0 unspecified atom stereocenters. The van der Waals surface area contributed by atoms with Crippen LogP contribution in [0.3, 0.4) is 0 Å². The molecular weight excluding hydrogens is 266 g/mol. The van der Waals surface area contributed by atoms with Crippen molar-refractivity contribution in [1.29, 1.82) is 0 Å². The predicted octanol–water partition coefficient (Wildman–Crippen LogP) is 3.20. The number of nitrogens with one attached hydrogen (secondary N) is 1. The van der Waals surface area contributed by atoms with E-state index in [1.54, 1.807) is 0 Å². The molecule has 0 aliphatic heterocycles. The molecule has 0 saturated heterocycles. The van der Waals surface area contributed by atoms with Gasteiger partial charge in [0.25, 0.3) is 0 Å². The number of hydrogen-bond acceptors (Lipinski definition) is 3. The van der Waals surface area contributed by atoms with Crippen molar-refractivity contribution in [3.63, 3.8) is 0 Å².